The predicted molar refractivity (Wildman–Crippen MR) is 86.1 cm³/mol. The van der Waals surface area contributed by atoms with Crippen LogP contribution in [0.3, 0.4) is 0 Å². The fourth-order valence-electron chi connectivity index (χ4n) is 1.82. The Balaban J connectivity index is 2.01. The van der Waals surface area contributed by atoms with Crippen LogP contribution in [0.2, 0.25) is 5.02 Å². The van der Waals surface area contributed by atoms with E-state index in [0.29, 0.717) is 10.7 Å². The van der Waals surface area contributed by atoms with Gasteiger partial charge in [-0.15, -0.1) is 0 Å². The fraction of sp³-hybridized carbons (Fsp3) is 0.176. The number of aryl methyl sites for hydroxylation is 1. The SMILES string of the molecule is Cc1ccc(NC(=O)[C@@H](C)OC(=O)c2ccccc2F)cc1Cl. The molecule has 0 aliphatic heterocycles. The normalized spacial score (nSPS) is 11.7. The fourth-order valence-corrected chi connectivity index (χ4v) is 2.00. The summed E-state index contributed by atoms with van der Waals surface area (Å²) in [6.07, 6.45) is -1.08. The summed E-state index contributed by atoms with van der Waals surface area (Å²) >= 11 is 5.98. The minimum absolute atomic E-state index is 0.217. The maximum absolute atomic E-state index is 13.5. The average molecular weight is 336 g/mol. The number of carbonyl (C=O) groups is 2. The van der Waals surface area contributed by atoms with E-state index in [1.807, 2.05) is 6.92 Å². The first-order valence-electron chi connectivity index (χ1n) is 6.91. The van der Waals surface area contributed by atoms with Crippen LogP contribution >= 0.6 is 11.6 Å². The molecule has 0 spiro atoms. The first-order valence-corrected chi connectivity index (χ1v) is 7.29. The summed E-state index contributed by atoms with van der Waals surface area (Å²) in [6.45, 7) is 3.25. The lowest BCUT2D eigenvalue weighted by Crippen LogP contribution is -2.30. The van der Waals surface area contributed by atoms with E-state index in [4.69, 9.17) is 16.3 Å². The molecule has 0 heterocycles. The zero-order valence-electron chi connectivity index (χ0n) is 12.6. The van der Waals surface area contributed by atoms with Gasteiger partial charge in [0.2, 0.25) is 0 Å². The van der Waals surface area contributed by atoms with Crippen molar-refractivity contribution in [1.82, 2.24) is 0 Å². The van der Waals surface area contributed by atoms with Gasteiger partial charge in [0.1, 0.15) is 5.82 Å². The van der Waals surface area contributed by atoms with Gasteiger partial charge in [-0.05, 0) is 43.7 Å². The molecule has 2 aromatic carbocycles. The Morgan fingerprint density at radius 1 is 1.22 bits per heavy atom. The number of rotatable bonds is 4. The number of nitrogens with one attached hydrogen (secondary N) is 1. The van der Waals surface area contributed by atoms with Crippen LogP contribution in [0.5, 0.6) is 0 Å². The Morgan fingerprint density at radius 3 is 2.57 bits per heavy atom. The highest BCUT2D eigenvalue weighted by molar-refractivity contribution is 6.31. The Hall–Kier alpha value is -2.40. The quantitative estimate of drug-likeness (QED) is 0.860. The number of ether oxygens (including phenoxy) is 1. The van der Waals surface area contributed by atoms with Crippen molar-refractivity contribution in [2.75, 3.05) is 5.32 Å². The van der Waals surface area contributed by atoms with Crippen LogP contribution in [0.4, 0.5) is 10.1 Å². The van der Waals surface area contributed by atoms with Crippen LogP contribution in [-0.4, -0.2) is 18.0 Å². The molecule has 0 bridgehead atoms. The summed E-state index contributed by atoms with van der Waals surface area (Å²) in [5, 5.41) is 3.10. The second-order valence-electron chi connectivity index (χ2n) is 4.98. The number of benzene rings is 2. The topological polar surface area (TPSA) is 55.4 Å². The number of carbonyl (C=O) groups excluding carboxylic acids is 2. The molecule has 0 radical (unpaired) electrons. The van der Waals surface area contributed by atoms with Gasteiger partial charge in [0.25, 0.3) is 5.91 Å². The van der Waals surface area contributed by atoms with Crippen LogP contribution in [0.25, 0.3) is 0 Å². The summed E-state index contributed by atoms with van der Waals surface area (Å²) in [5.74, 6) is -2.13. The smallest absolute Gasteiger partial charge is 0.341 e. The van der Waals surface area contributed by atoms with Crippen molar-refractivity contribution in [3.63, 3.8) is 0 Å². The molecule has 0 saturated heterocycles. The van der Waals surface area contributed by atoms with E-state index < -0.39 is 23.8 Å². The van der Waals surface area contributed by atoms with Gasteiger partial charge in [0.05, 0.1) is 5.56 Å². The Labute approximate surface area is 138 Å². The van der Waals surface area contributed by atoms with E-state index >= 15 is 0 Å². The van der Waals surface area contributed by atoms with E-state index in [0.717, 1.165) is 11.6 Å². The maximum Gasteiger partial charge on any atom is 0.341 e. The summed E-state index contributed by atoms with van der Waals surface area (Å²) in [4.78, 5) is 23.9. The molecular weight excluding hydrogens is 321 g/mol. The first-order chi connectivity index (χ1) is 10.9. The number of halogens is 2. The molecule has 0 saturated carbocycles. The molecule has 0 aliphatic rings. The molecule has 6 heteroatoms. The number of hydrogen-bond donors (Lipinski definition) is 1. The second kappa shape index (κ2) is 7.24. The van der Waals surface area contributed by atoms with Crippen molar-refractivity contribution in [2.45, 2.75) is 20.0 Å². The van der Waals surface area contributed by atoms with E-state index in [1.165, 1.54) is 25.1 Å². The van der Waals surface area contributed by atoms with Crippen molar-refractivity contribution in [1.29, 1.82) is 0 Å². The van der Waals surface area contributed by atoms with Crippen molar-refractivity contribution in [3.05, 3.63) is 64.4 Å². The zero-order valence-corrected chi connectivity index (χ0v) is 13.4. The van der Waals surface area contributed by atoms with Gasteiger partial charge in [0.15, 0.2) is 6.10 Å². The molecule has 1 N–H and O–H groups in total. The van der Waals surface area contributed by atoms with Crippen molar-refractivity contribution in [2.24, 2.45) is 0 Å². The van der Waals surface area contributed by atoms with E-state index in [-0.39, 0.29) is 5.56 Å². The lowest BCUT2D eigenvalue weighted by atomic mass is 10.2. The molecule has 0 fully saturated rings. The van der Waals surface area contributed by atoms with Crippen LogP contribution < -0.4 is 5.32 Å². The summed E-state index contributed by atoms with van der Waals surface area (Å²) < 4.78 is 18.5. The largest absolute Gasteiger partial charge is 0.449 e. The van der Waals surface area contributed by atoms with Gasteiger partial charge in [-0.2, -0.15) is 0 Å². The van der Waals surface area contributed by atoms with E-state index in [1.54, 1.807) is 18.2 Å². The number of anilines is 1. The molecule has 0 aliphatic carbocycles. The third-order valence-corrected chi connectivity index (χ3v) is 3.59. The first kappa shape index (κ1) is 17.0. The average Bonchev–Trinajstić information content (AvgIpc) is 2.51. The maximum atomic E-state index is 13.5. The molecule has 2 aromatic rings. The van der Waals surface area contributed by atoms with Gasteiger partial charge in [-0.25, -0.2) is 9.18 Å². The molecule has 23 heavy (non-hydrogen) atoms. The van der Waals surface area contributed by atoms with Gasteiger partial charge in [-0.1, -0.05) is 29.8 Å². The molecule has 120 valence electrons. The summed E-state index contributed by atoms with van der Waals surface area (Å²) in [6, 6.07) is 10.5. The van der Waals surface area contributed by atoms with E-state index in [2.05, 4.69) is 5.32 Å². The second-order valence-corrected chi connectivity index (χ2v) is 5.39. The lowest BCUT2D eigenvalue weighted by molar-refractivity contribution is -0.123. The number of hydrogen-bond acceptors (Lipinski definition) is 3. The van der Waals surface area contributed by atoms with Crippen molar-refractivity contribution < 1.29 is 18.7 Å². The molecule has 1 atom stereocenters. The molecule has 1 amide bonds. The minimum Gasteiger partial charge on any atom is -0.449 e. The third-order valence-electron chi connectivity index (χ3n) is 3.19. The van der Waals surface area contributed by atoms with Crippen LogP contribution in [-0.2, 0) is 9.53 Å². The zero-order chi connectivity index (χ0) is 17.0. The number of amides is 1. The van der Waals surface area contributed by atoms with E-state index in [9.17, 15) is 14.0 Å². The van der Waals surface area contributed by atoms with Crippen LogP contribution in [0, 0.1) is 12.7 Å². The lowest BCUT2D eigenvalue weighted by Gasteiger charge is -2.14. The monoisotopic (exact) mass is 335 g/mol. The molecule has 2 rings (SSSR count). The van der Waals surface area contributed by atoms with Gasteiger partial charge in [-0.3, -0.25) is 4.79 Å². The Morgan fingerprint density at radius 2 is 1.91 bits per heavy atom. The standard InChI is InChI=1S/C17H15ClFNO3/c1-10-7-8-12(9-14(10)18)20-16(21)11(2)23-17(22)13-5-3-4-6-15(13)19/h3-9,11H,1-2H3,(H,20,21)/t11-/m1/s1. The molecular formula is C17H15ClFNO3. The Kier molecular flexibility index (Phi) is 5.34. The van der Waals surface area contributed by atoms with Crippen molar-refractivity contribution in [3.8, 4) is 0 Å². The highest BCUT2D eigenvalue weighted by atomic mass is 35.5. The van der Waals surface area contributed by atoms with Crippen LogP contribution in [0.1, 0.15) is 22.8 Å². The number of esters is 1. The van der Waals surface area contributed by atoms with Crippen LogP contribution in [0.15, 0.2) is 42.5 Å². The molecule has 4 nitrogen and oxygen atoms in total. The highest BCUT2D eigenvalue weighted by Crippen LogP contribution is 2.20. The molecule has 0 aromatic heterocycles. The highest BCUT2D eigenvalue weighted by Gasteiger charge is 2.21. The summed E-state index contributed by atoms with van der Waals surface area (Å²) in [5.41, 5.74) is 1.15. The summed E-state index contributed by atoms with van der Waals surface area (Å²) in [7, 11) is 0. The minimum atomic E-state index is -1.08. The molecule has 0 unspecified atom stereocenters. The predicted octanol–water partition coefficient (Wildman–Crippen LogP) is 3.97. The van der Waals surface area contributed by atoms with Gasteiger partial charge in [0, 0.05) is 10.7 Å². The Bertz CT molecular complexity index is 748. The van der Waals surface area contributed by atoms with Crippen molar-refractivity contribution >= 4 is 29.2 Å². The third kappa shape index (κ3) is 4.29. The van der Waals surface area contributed by atoms with Gasteiger partial charge < -0.3 is 10.1 Å². The van der Waals surface area contributed by atoms with Gasteiger partial charge >= 0.3 is 5.97 Å².